The van der Waals surface area contributed by atoms with Crippen LogP contribution in [-0.2, 0) is 9.53 Å². The summed E-state index contributed by atoms with van der Waals surface area (Å²) in [5, 5.41) is 10.9. The van der Waals surface area contributed by atoms with Crippen LogP contribution in [0.2, 0.25) is 0 Å². The molecular formula is C35H41N3O4. The van der Waals surface area contributed by atoms with E-state index in [0.29, 0.717) is 35.2 Å². The molecule has 0 saturated heterocycles. The van der Waals surface area contributed by atoms with Gasteiger partial charge in [-0.25, -0.2) is 15.0 Å². The van der Waals surface area contributed by atoms with Crippen molar-refractivity contribution in [2.45, 2.75) is 71.1 Å². The zero-order chi connectivity index (χ0) is 29.4. The Balaban J connectivity index is 1.28. The molecule has 1 aromatic heterocycles. The van der Waals surface area contributed by atoms with Crippen molar-refractivity contribution in [2.24, 2.45) is 0 Å². The maximum atomic E-state index is 12.0. The molecule has 0 aliphatic carbocycles. The Morgan fingerprint density at radius 2 is 1.21 bits per heavy atom. The topological polar surface area (TPSA) is 94.4 Å². The van der Waals surface area contributed by atoms with Gasteiger partial charge in [0, 0.05) is 23.6 Å². The van der Waals surface area contributed by atoms with E-state index in [2.05, 4.69) is 21.9 Å². The largest absolute Gasteiger partial charge is 0.507 e. The molecule has 1 N–H and O–H groups in total. The quantitative estimate of drug-likeness (QED) is 0.101. The summed E-state index contributed by atoms with van der Waals surface area (Å²) in [6.45, 7) is 2.59. The molecule has 7 nitrogen and oxygen atoms in total. The number of aromatic nitrogens is 3. The van der Waals surface area contributed by atoms with E-state index in [-0.39, 0.29) is 24.9 Å². The molecule has 0 spiro atoms. The summed E-state index contributed by atoms with van der Waals surface area (Å²) in [5.74, 6) is 1.65. The van der Waals surface area contributed by atoms with Crippen molar-refractivity contribution in [1.82, 2.24) is 15.0 Å². The maximum Gasteiger partial charge on any atom is 0.305 e. The predicted molar refractivity (Wildman–Crippen MR) is 166 cm³/mol. The van der Waals surface area contributed by atoms with Gasteiger partial charge in [-0.15, -0.1) is 0 Å². The van der Waals surface area contributed by atoms with Gasteiger partial charge in [0.15, 0.2) is 17.5 Å². The Kier molecular flexibility index (Phi) is 12.3. The SMILES string of the molecule is CCCCCCCCCCCC(=O)OCCOc1ccc(-c2nc(-c3ccccc3)nc(-c3ccccc3)n2)c(O)c1. The number of hydrogen-bond donors (Lipinski definition) is 1. The predicted octanol–water partition coefficient (Wildman–Crippen LogP) is 8.42. The molecule has 0 bridgehead atoms. The summed E-state index contributed by atoms with van der Waals surface area (Å²) >= 11 is 0. The smallest absolute Gasteiger partial charge is 0.305 e. The molecule has 3 aromatic carbocycles. The fourth-order valence-electron chi connectivity index (χ4n) is 4.69. The van der Waals surface area contributed by atoms with Gasteiger partial charge in [-0.3, -0.25) is 4.79 Å². The molecule has 4 rings (SSSR count). The van der Waals surface area contributed by atoms with E-state index < -0.39 is 0 Å². The van der Waals surface area contributed by atoms with Gasteiger partial charge in [-0.1, -0.05) is 119 Å². The summed E-state index contributed by atoms with van der Waals surface area (Å²) in [6, 6.07) is 24.3. The first kappa shape index (κ1) is 30.7. The van der Waals surface area contributed by atoms with Crippen molar-refractivity contribution in [3.8, 4) is 45.7 Å². The highest BCUT2D eigenvalue weighted by Crippen LogP contribution is 2.32. The summed E-state index contributed by atoms with van der Waals surface area (Å²) in [5.41, 5.74) is 2.17. The van der Waals surface area contributed by atoms with Crippen LogP contribution in [0.5, 0.6) is 11.5 Å². The van der Waals surface area contributed by atoms with Gasteiger partial charge in [0.25, 0.3) is 0 Å². The van der Waals surface area contributed by atoms with Crippen LogP contribution in [0.25, 0.3) is 34.2 Å². The lowest BCUT2D eigenvalue weighted by molar-refractivity contribution is -0.144. The number of phenols is 1. The molecule has 7 heteroatoms. The number of aromatic hydroxyl groups is 1. The first-order valence-electron chi connectivity index (χ1n) is 15.1. The van der Waals surface area contributed by atoms with Crippen molar-refractivity contribution in [3.63, 3.8) is 0 Å². The number of hydrogen-bond acceptors (Lipinski definition) is 7. The first-order valence-corrected chi connectivity index (χ1v) is 15.1. The minimum Gasteiger partial charge on any atom is -0.507 e. The van der Waals surface area contributed by atoms with Crippen LogP contribution >= 0.6 is 0 Å². The van der Waals surface area contributed by atoms with Crippen LogP contribution < -0.4 is 4.74 Å². The van der Waals surface area contributed by atoms with E-state index >= 15 is 0 Å². The molecule has 0 saturated carbocycles. The highest BCUT2D eigenvalue weighted by Gasteiger charge is 2.15. The number of benzene rings is 3. The zero-order valence-corrected chi connectivity index (χ0v) is 24.5. The van der Waals surface area contributed by atoms with Crippen LogP contribution in [0.3, 0.4) is 0 Å². The van der Waals surface area contributed by atoms with E-state index in [1.807, 2.05) is 60.7 Å². The van der Waals surface area contributed by atoms with Gasteiger partial charge in [0.1, 0.15) is 24.7 Å². The lowest BCUT2D eigenvalue weighted by Crippen LogP contribution is -2.12. The van der Waals surface area contributed by atoms with Crippen LogP contribution in [0.15, 0.2) is 78.9 Å². The van der Waals surface area contributed by atoms with Gasteiger partial charge in [0.05, 0.1) is 5.56 Å². The average Bonchev–Trinajstić information content (AvgIpc) is 3.03. The average molecular weight is 568 g/mol. The maximum absolute atomic E-state index is 12.0. The van der Waals surface area contributed by atoms with E-state index in [1.165, 1.54) is 51.0 Å². The molecule has 1 heterocycles. The summed E-state index contributed by atoms with van der Waals surface area (Å²) in [6.07, 6.45) is 11.3. The lowest BCUT2D eigenvalue weighted by atomic mass is 10.1. The number of carbonyl (C=O) groups excluding carboxylic acids is 1. The number of phenolic OH excluding ortho intramolecular Hbond substituents is 1. The third-order valence-corrected chi connectivity index (χ3v) is 7.01. The third kappa shape index (κ3) is 9.68. The highest BCUT2D eigenvalue weighted by molar-refractivity contribution is 5.70. The number of carbonyl (C=O) groups is 1. The standard InChI is InChI=1S/C35H41N3O4/c1-2-3-4-5-6-7-8-9-16-21-32(40)42-25-24-41-29-22-23-30(31(39)26-29)35-37-33(27-17-12-10-13-18-27)36-34(38-35)28-19-14-11-15-20-28/h10-15,17-20,22-23,26,39H,2-9,16,21,24-25H2,1H3. The third-order valence-electron chi connectivity index (χ3n) is 7.01. The van der Waals surface area contributed by atoms with Crippen molar-refractivity contribution in [1.29, 1.82) is 0 Å². The second-order valence-electron chi connectivity index (χ2n) is 10.4. The van der Waals surface area contributed by atoms with E-state index in [0.717, 1.165) is 24.0 Å². The molecule has 0 fully saturated rings. The van der Waals surface area contributed by atoms with Gasteiger partial charge >= 0.3 is 5.97 Å². The summed E-state index contributed by atoms with van der Waals surface area (Å²) in [4.78, 5) is 26.0. The molecular weight excluding hydrogens is 526 g/mol. The Morgan fingerprint density at radius 3 is 1.79 bits per heavy atom. The normalized spacial score (nSPS) is 10.9. The number of unbranched alkanes of at least 4 members (excludes halogenated alkanes) is 8. The molecule has 0 unspecified atom stereocenters. The Morgan fingerprint density at radius 1 is 0.667 bits per heavy atom. The minimum absolute atomic E-state index is 0.0147. The second kappa shape index (κ2) is 16.9. The molecule has 0 atom stereocenters. The van der Waals surface area contributed by atoms with Crippen molar-refractivity contribution in [2.75, 3.05) is 13.2 Å². The van der Waals surface area contributed by atoms with Crippen LogP contribution in [0.1, 0.15) is 71.1 Å². The Labute approximate surface area is 249 Å². The van der Waals surface area contributed by atoms with E-state index in [4.69, 9.17) is 9.47 Å². The monoisotopic (exact) mass is 567 g/mol. The summed E-state index contributed by atoms with van der Waals surface area (Å²) < 4.78 is 11.0. The molecule has 0 aliphatic rings. The van der Waals surface area contributed by atoms with Crippen LogP contribution in [-0.4, -0.2) is 39.2 Å². The molecule has 4 aromatic rings. The number of nitrogens with zero attached hydrogens (tertiary/aromatic N) is 3. The van der Waals surface area contributed by atoms with E-state index in [1.54, 1.807) is 12.1 Å². The minimum atomic E-state index is -0.196. The number of ether oxygens (including phenoxy) is 2. The van der Waals surface area contributed by atoms with Crippen LogP contribution in [0.4, 0.5) is 0 Å². The number of rotatable bonds is 17. The Hall–Kier alpha value is -4.26. The Bertz CT molecular complexity index is 1320. The van der Waals surface area contributed by atoms with Gasteiger partial charge in [0.2, 0.25) is 0 Å². The number of esters is 1. The van der Waals surface area contributed by atoms with Crippen molar-refractivity contribution < 1.29 is 19.4 Å². The van der Waals surface area contributed by atoms with E-state index in [9.17, 15) is 9.90 Å². The van der Waals surface area contributed by atoms with Gasteiger partial charge in [-0.05, 0) is 18.6 Å². The van der Waals surface area contributed by atoms with Crippen molar-refractivity contribution >= 4 is 5.97 Å². The second-order valence-corrected chi connectivity index (χ2v) is 10.4. The van der Waals surface area contributed by atoms with Crippen molar-refractivity contribution in [3.05, 3.63) is 78.9 Å². The molecule has 220 valence electrons. The zero-order valence-electron chi connectivity index (χ0n) is 24.5. The van der Waals surface area contributed by atoms with Crippen LogP contribution in [0, 0.1) is 0 Å². The fraction of sp³-hybridized carbons (Fsp3) is 0.371. The first-order chi connectivity index (χ1) is 20.6. The molecule has 0 amide bonds. The fourth-order valence-corrected chi connectivity index (χ4v) is 4.69. The molecule has 42 heavy (non-hydrogen) atoms. The highest BCUT2D eigenvalue weighted by atomic mass is 16.6. The van der Waals surface area contributed by atoms with Gasteiger partial charge < -0.3 is 14.6 Å². The molecule has 0 aliphatic heterocycles. The van der Waals surface area contributed by atoms with Gasteiger partial charge in [-0.2, -0.15) is 0 Å². The lowest BCUT2D eigenvalue weighted by Gasteiger charge is -2.11. The summed E-state index contributed by atoms with van der Waals surface area (Å²) in [7, 11) is 0. The molecule has 0 radical (unpaired) electrons.